The van der Waals surface area contributed by atoms with Crippen molar-refractivity contribution in [3.63, 3.8) is 0 Å². The Morgan fingerprint density at radius 3 is 2.74 bits per heavy atom. The SMILES string of the molecule is CNC(N)=NC(=O)c1cc2c(Cl)ccc(OCCN)c2[nH]1.Cl.Cl. The maximum absolute atomic E-state index is 12.0. The van der Waals surface area contributed by atoms with Crippen LogP contribution in [0.4, 0.5) is 0 Å². The lowest BCUT2D eigenvalue weighted by atomic mass is 10.2. The van der Waals surface area contributed by atoms with Crippen LogP contribution in [0, 0.1) is 0 Å². The van der Waals surface area contributed by atoms with Gasteiger partial charge in [-0.2, -0.15) is 4.99 Å². The van der Waals surface area contributed by atoms with Crippen molar-refractivity contribution in [1.29, 1.82) is 0 Å². The third-order valence-corrected chi connectivity index (χ3v) is 3.12. The van der Waals surface area contributed by atoms with Crippen LogP contribution in [0.25, 0.3) is 10.9 Å². The maximum Gasteiger partial charge on any atom is 0.296 e. The number of aliphatic imine (C=N–C) groups is 1. The molecular weight excluding hydrogens is 365 g/mol. The lowest BCUT2D eigenvalue weighted by Crippen LogP contribution is -2.28. The fraction of sp³-hybridized carbons (Fsp3) is 0.231. The quantitative estimate of drug-likeness (QED) is 0.474. The largest absolute Gasteiger partial charge is 0.490 e. The number of nitrogens with one attached hydrogen (secondary N) is 2. The summed E-state index contributed by atoms with van der Waals surface area (Å²) in [7, 11) is 1.58. The number of carbonyl (C=O) groups excluding carboxylic acids is 1. The number of halogens is 3. The van der Waals surface area contributed by atoms with Crippen molar-refractivity contribution in [2.75, 3.05) is 20.2 Å². The lowest BCUT2D eigenvalue weighted by molar-refractivity contribution is 0.0998. The summed E-state index contributed by atoms with van der Waals surface area (Å²) in [6.07, 6.45) is 0. The van der Waals surface area contributed by atoms with Crippen LogP contribution < -0.4 is 21.5 Å². The molecule has 0 bridgehead atoms. The summed E-state index contributed by atoms with van der Waals surface area (Å²) in [4.78, 5) is 18.6. The molecule has 0 saturated carbocycles. The van der Waals surface area contributed by atoms with E-state index in [1.807, 2.05) is 0 Å². The topological polar surface area (TPSA) is 119 Å². The summed E-state index contributed by atoms with van der Waals surface area (Å²) in [6, 6.07) is 5.03. The minimum absolute atomic E-state index is 0. The van der Waals surface area contributed by atoms with E-state index in [1.165, 1.54) is 0 Å². The van der Waals surface area contributed by atoms with Gasteiger partial charge in [0, 0.05) is 19.0 Å². The second kappa shape index (κ2) is 9.46. The molecule has 0 spiro atoms. The minimum Gasteiger partial charge on any atom is -0.490 e. The number of rotatable bonds is 4. The highest BCUT2D eigenvalue weighted by molar-refractivity contribution is 6.35. The molecule has 10 heteroatoms. The summed E-state index contributed by atoms with van der Waals surface area (Å²) in [5, 5.41) is 3.76. The summed E-state index contributed by atoms with van der Waals surface area (Å²) in [5.74, 6) is 0.104. The van der Waals surface area contributed by atoms with E-state index in [4.69, 9.17) is 27.8 Å². The van der Waals surface area contributed by atoms with Gasteiger partial charge in [-0.05, 0) is 18.2 Å². The number of H-pyrrole nitrogens is 1. The van der Waals surface area contributed by atoms with Gasteiger partial charge in [-0.15, -0.1) is 24.8 Å². The molecule has 7 nitrogen and oxygen atoms in total. The van der Waals surface area contributed by atoms with Crippen molar-refractivity contribution in [2.24, 2.45) is 16.5 Å². The van der Waals surface area contributed by atoms with Gasteiger partial charge in [-0.25, -0.2) is 0 Å². The second-order valence-corrected chi connectivity index (χ2v) is 4.61. The first kappa shape index (κ1) is 21.3. The van der Waals surface area contributed by atoms with E-state index in [0.29, 0.717) is 34.8 Å². The number of aromatic nitrogens is 1. The van der Waals surface area contributed by atoms with E-state index >= 15 is 0 Å². The van der Waals surface area contributed by atoms with Gasteiger partial charge >= 0.3 is 0 Å². The van der Waals surface area contributed by atoms with Crippen LogP contribution in [0.15, 0.2) is 23.2 Å². The number of guanidine groups is 1. The third-order valence-electron chi connectivity index (χ3n) is 2.79. The molecule has 0 aliphatic heterocycles. The number of carbonyl (C=O) groups is 1. The molecular formula is C13H18Cl3N5O2. The molecule has 128 valence electrons. The molecule has 0 fully saturated rings. The second-order valence-electron chi connectivity index (χ2n) is 4.21. The molecule has 1 aromatic carbocycles. The van der Waals surface area contributed by atoms with Crippen molar-refractivity contribution in [1.82, 2.24) is 10.3 Å². The zero-order valence-corrected chi connectivity index (χ0v) is 14.6. The van der Waals surface area contributed by atoms with Crippen LogP contribution >= 0.6 is 36.4 Å². The van der Waals surface area contributed by atoms with Crippen LogP contribution in [0.5, 0.6) is 5.75 Å². The molecule has 23 heavy (non-hydrogen) atoms. The Kier molecular flexibility index (Phi) is 8.78. The smallest absolute Gasteiger partial charge is 0.296 e. The molecule has 1 heterocycles. The van der Waals surface area contributed by atoms with E-state index < -0.39 is 5.91 Å². The minimum atomic E-state index is -0.501. The third kappa shape index (κ3) is 4.90. The van der Waals surface area contributed by atoms with E-state index in [-0.39, 0.29) is 36.5 Å². The molecule has 0 aliphatic rings. The Labute approximate surface area is 150 Å². The summed E-state index contributed by atoms with van der Waals surface area (Å²) >= 11 is 6.13. The number of amides is 1. The fourth-order valence-electron chi connectivity index (χ4n) is 1.79. The van der Waals surface area contributed by atoms with Crippen molar-refractivity contribution < 1.29 is 9.53 Å². The predicted molar refractivity (Wildman–Crippen MR) is 97.4 cm³/mol. The average molecular weight is 383 g/mol. The van der Waals surface area contributed by atoms with E-state index in [2.05, 4.69) is 15.3 Å². The van der Waals surface area contributed by atoms with Crippen LogP contribution in [-0.4, -0.2) is 37.1 Å². The Bertz CT molecular complexity index is 702. The summed E-state index contributed by atoms with van der Waals surface area (Å²) < 4.78 is 5.52. The van der Waals surface area contributed by atoms with Crippen molar-refractivity contribution >= 4 is 59.2 Å². The van der Waals surface area contributed by atoms with E-state index in [9.17, 15) is 4.79 Å². The highest BCUT2D eigenvalue weighted by Gasteiger charge is 2.14. The highest BCUT2D eigenvalue weighted by Crippen LogP contribution is 2.32. The van der Waals surface area contributed by atoms with Gasteiger partial charge in [0.1, 0.15) is 18.1 Å². The number of fused-ring (bicyclic) bond motifs is 1. The molecule has 0 aliphatic carbocycles. The highest BCUT2D eigenvalue weighted by atomic mass is 35.5. The van der Waals surface area contributed by atoms with Crippen LogP contribution in [-0.2, 0) is 0 Å². The van der Waals surface area contributed by atoms with Gasteiger partial charge in [0.25, 0.3) is 5.91 Å². The average Bonchev–Trinajstić information content (AvgIpc) is 2.92. The Hall–Kier alpha value is -1.67. The van der Waals surface area contributed by atoms with Crippen molar-refractivity contribution in [3.05, 3.63) is 28.9 Å². The number of hydrogen-bond acceptors (Lipinski definition) is 3. The monoisotopic (exact) mass is 381 g/mol. The van der Waals surface area contributed by atoms with Crippen LogP contribution in [0.1, 0.15) is 10.5 Å². The zero-order chi connectivity index (χ0) is 15.4. The molecule has 1 amide bonds. The Morgan fingerprint density at radius 2 is 2.13 bits per heavy atom. The Morgan fingerprint density at radius 1 is 1.43 bits per heavy atom. The standard InChI is InChI=1S/C13H16ClN5O2.2ClH/c1-17-13(16)19-12(20)9-6-7-8(14)2-3-10(11(7)18-9)21-5-4-15;;/h2-3,6,18H,4-5,15H2,1H3,(H3,16,17,19,20);2*1H. The number of nitrogens with two attached hydrogens (primary N) is 2. The van der Waals surface area contributed by atoms with Gasteiger partial charge in [-0.3, -0.25) is 4.79 Å². The van der Waals surface area contributed by atoms with Gasteiger partial charge in [0.05, 0.1) is 10.5 Å². The van der Waals surface area contributed by atoms with E-state index in [0.717, 1.165) is 0 Å². The first-order valence-corrected chi connectivity index (χ1v) is 6.65. The molecule has 2 aromatic rings. The molecule has 0 radical (unpaired) electrons. The number of benzene rings is 1. The Balaban J connectivity index is 0.00000242. The molecule has 2 rings (SSSR count). The predicted octanol–water partition coefficient (Wildman–Crippen LogP) is 1.68. The summed E-state index contributed by atoms with van der Waals surface area (Å²) in [5.41, 5.74) is 11.8. The first-order valence-electron chi connectivity index (χ1n) is 6.27. The van der Waals surface area contributed by atoms with Gasteiger partial charge in [0.15, 0.2) is 5.96 Å². The number of nitrogens with zero attached hydrogens (tertiary/aromatic N) is 1. The van der Waals surface area contributed by atoms with Gasteiger partial charge in [-0.1, -0.05) is 11.6 Å². The number of ether oxygens (including phenoxy) is 1. The molecule has 6 N–H and O–H groups in total. The lowest BCUT2D eigenvalue weighted by Gasteiger charge is -2.06. The normalized spacial score (nSPS) is 10.7. The maximum atomic E-state index is 12.0. The van der Waals surface area contributed by atoms with Gasteiger partial charge < -0.3 is 26.5 Å². The zero-order valence-electron chi connectivity index (χ0n) is 12.3. The molecule has 0 unspecified atom stereocenters. The number of hydrogen-bond donors (Lipinski definition) is 4. The fourth-order valence-corrected chi connectivity index (χ4v) is 2.00. The number of aromatic amines is 1. The van der Waals surface area contributed by atoms with Crippen LogP contribution in [0.3, 0.4) is 0 Å². The summed E-state index contributed by atoms with van der Waals surface area (Å²) in [6.45, 7) is 0.753. The van der Waals surface area contributed by atoms with Crippen molar-refractivity contribution in [2.45, 2.75) is 0 Å². The van der Waals surface area contributed by atoms with Gasteiger partial charge in [0.2, 0.25) is 0 Å². The van der Waals surface area contributed by atoms with E-state index in [1.54, 1.807) is 25.2 Å². The first-order chi connectivity index (χ1) is 10.1. The molecule has 0 saturated heterocycles. The molecule has 0 atom stereocenters. The van der Waals surface area contributed by atoms with Crippen LogP contribution in [0.2, 0.25) is 5.02 Å². The van der Waals surface area contributed by atoms with Crippen molar-refractivity contribution in [3.8, 4) is 5.75 Å². The molecule has 1 aromatic heterocycles.